The quantitative estimate of drug-likeness (QED) is 0.0296. The van der Waals surface area contributed by atoms with E-state index in [1.807, 2.05) is 0 Å². The molecule has 0 saturated carbocycles. The van der Waals surface area contributed by atoms with E-state index in [0.717, 1.165) is 89.0 Å². The van der Waals surface area contributed by atoms with Crippen molar-refractivity contribution < 1.29 is 71.3 Å². The number of nitrogens with one attached hydrogen (secondary N) is 1. The van der Waals surface area contributed by atoms with Crippen LogP contribution >= 0.6 is 0 Å². The first-order valence-electron chi connectivity index (χ1n) is 22.4. The van der Waals surface area contributed by atoms with E-state index in [4.69, 9.17) is 12.5 Å². The Hall–Kier alpha value is -2.63. The summed E-state index contributed by atoms with van der Waals surface area (Å²) in [5.41, 5.74) is 1.51. The fraction of sp³-hybridized carbons (Fsp3) is 0.805. The van der Waals surface area contributed by atoms with Gasteiger partial charge in [-0.25, -0.2) is 12.5 Å². The van der Waals surface area contributed by atoms with E-state index in [1.165, 1.54) is 6.07 Å². The molecule has 2 heterocycles. The zero-order chi connectivity index (χ0) is 45.8. The van der Waals surface area contributed by atoms with Crippen molar-refractivity contribution in [3.63, 3.8) is 0 Å². The van der Waals surface area contributed by atoms with Gasteiger partial charge in [-0.3, -0.25) is 23.2 Å². The molecule has 3 rings (SSSR count). The van der Waals surface area contributed by atoms with Gasteiger partial charge in [-0.2, -0.15) is 25.3 Å². The van der Waals surface area contributed by atoms with Crippen molar-refractivity contribution in [3.8, 4) is 11.5 Å². The second-order valence-electron chi connectivity index (χ2n) is 16.7. The van der Waals surface area contributed by atoms with E-state index >= 15 is 0 Å². The molecule has 0 radical (unpaired) electrons. The number of phenolic OH excluding ortho intramolecular Hbond substituents is 2. The van der Waals surface area contributed by atoms with Gasteiger partial charge in [0.05, 0.1) is 12.1 Å². The van der Waals surface area contributed by atoms with Crippen molar-refractivity contribution in [2.24, 2.45) is 0 Å². The Kier molecular flexibility index (Phi) is 23.4. The van der Waals surface area contributed by atoms with Gasteiger partial charge in [0.1, 0.15) is 29.7 Å². The Morgan fingerprint density at radius 1 is 0.677 bits per heavy atom. The normalized spacial score (nSPS) is 18.5. The summed E-state index contributed by atoms with van der Waals surface area (Å²) in [5.74, 6) is -0.339. The molecular weight excluding hydrogens is 873 g/mol. The number of hydrogen-bond donors (Lipinski definition) is 6. The predicted octanol–water partition coefficient (Wildman–Crippen LogP) is 7.36. The van der Waals surface area contributed by atoms with Gasteiger partial charge in [-0.05, 0) is 63.0 Å². The van der Waals surface area contributed by atoms with E-state index in [2.05, 4.69) is 12.2 Å². The molecule has 2 amide bonds. The summed E-state index contributed by atoms with van der Waals surface area (Å²) in [4.78, 5) is 27.6. The summed E-state index contributed by atoms with van der Waals surface area (Å²) in [6.07, 6.45) is 12.9. The van der Waals surface area contributed by atoms with Gasteiger partial charge >= 0.3 is 31.2 Å². The van der Waals surface area contributed by atoms with Crippen LogP contribution in [0.1, 0.15) is 185 Å². The molecule has 1 aromatic carbocycles. The van der Waals surface area contributed by atoms with Crippen LogP contribution in [0.25, 0.3) is 0 Å². The van der Waals surface area contributed by atoms with Crippen LogP contribution in [-0.4, -0.2) is 96.7 Å². The summed E-state index contributed by atoms with van der Waals surface area (Å²) in [5, 5.41) is 23.2. The van der Waals surface area contributed by atoms with Gasteiger partial charge in [0, 0.05) is 24.6 Å². The Balaban J connectivity index is 1.32. The van der Waals surface area contributed by atoms with Crippen molar-refractivity contribution in [1.29, 1.82) is 0 Å². The van der Waals surface area contributed by atoms with E-state index in [-0.39, 0.29) is 55.0 Å². The van der Waals surface area contributed by atoms with Crippen LogP contribution < -0.4 is 5.32 Å². The van der Waals surface area contributed by atoms with E-state index < -0.39 is 55.6 Å². The first-order chi connectivity index (χ1) is 29.3. The number of fused-ring (bicyclic) bond motifs is 3. The number of amides is 2. The van der Waals surface area contributed by atoms with Crippen molar-refractivity contribution in [2.75, 3.05) is 6.54 Å². The maximum atomic E-state index is 13.2. The minimum absolute atomic E-state index is 0.00731. The average Bonchev–Trinajstić information content (AvgIpc) is 3.16. The molecule has 2 aliphatic rings. The van der Waals surface area contributed by atoms with Gasteiger partial charge in [0.15, 0.2) is 0 Å². The lowest BCUT2D eigenvalue weighted by Crippen LogP contribution is -2.54. The number of phenols is 2. The smallest absolute Gasteiger partial charge is 0.397 e. The van der Waals surface area contributed by atoms with E-state index in [0.29, 0.717) is 69.9 Å². The zero-order valence-electron chi connectivity index (χ0n) is 36.0. The maximum Gasteiger partial charge on any atom is 0.397 e. The van der Waals surface area contributed by atoms with Crippen LogP contribution in [0, 0.1) is 0 Å². The summed E-state index contributed by atoms with van der Waals surface area (Å²) in [6, 6.07) is 2.05. The monoisotopic (exact) mass is 942 g/mol. The molecule has 1 saturated heterocycles. The third-order valence-electron chi connectivity index (χ3n) is 11.7. The molecule has 18 nitrogen and oxygen atoms in total. The number of aromatic hydroxyl groups is 2. The fourth-order valence-electron chi connectivity index (χ4n) is 8.66. The number of unbranched alkanes of at least 4 members (excludes halogenated alkanes) is 16. The first-order valence-corrected chi connectivity index (χ1v) is 26.5. The largest absolute Gasteiger partial charge is 0.508 e. The summed E-state index contributed by atoms with van der Waals surface area (Å²) in [6.45, 7) is 2.57. The lowest BCUT2D eigenvalue weighted by atomic mass is 9.84. The zero-order valence-corrected chi connectivity index (χ0v) is 38.5. The Morgan fingerprint density at radius 3 is 1.73 bits per heavy atom. The van der Waals surface area contributed by atoms with Gasteiger partial charge in [-0.1, -0.05) is 116 Å². The summed E-state index contributed by atoms with van der Waals surface area (Å²) >= 11 is 0. The topological polar surface area (TPSA) is 281 Å². The minimum Gasteiger partial charge on any atom is -0.508 e. The molecule has 0 bridgehead atoms. The molecule has 1 aromatic rings. The van der Waals surface area contributed by atoms with Crippen LogP contribution in [0.15, 0.2) is 12.1 Å². The molecule has 6 N–H and O–H groups in total. The predicted molar refractivity (Wildman–Crippen MR) is 230 cm³/mol. The summed E-state index contributed by atoms with van der Waals surface area (Å²) in [7, 11) is -15.1. The van der Waals surface area contributed by atoms with Gasteiger partial charge < -0.3 is 20.4 Å². The van der Waals surface area contributed by atoms with Crippen molar-refractivity contribution in [2.45, 2.75) is 204 Å². The lowest BCUT2D eigenvalue weighted by molar-refractivity contribution is -0.142. The highest BCUT2D eigenvalue weighted by Gasteiger charge is 2.41. The SMILES string of the molecule is CCCCCCCCCC[C@H](OS(=O)(=O)O)[C@H](CC[C@H](CCCCCCCCCCCCC(=O)N[C@H]1CC[C@H]2c3c(O)cc(O)cc3CCN2C1=O)OS(=O)(=O)O)OS(=O)(=O)O. The van der Waals surface area contributed by atoms with Crippen LogP contribution in [0.5, 0.6) is 11.5 Å². The van der Waals surface area contributed by atoms with Gasteiger partial charge in [-0.15, -0.1) is 0 Å². The Morgan fingerprint density at radius 2 is 1.18 bits per heavy atom. The number of benzene rings is 1. The number of carbonyl (C=O) groups is 2. The molecule has 0 aromatic heterocycles. The number of piperidine rings is 1. The highest BCUT2D eigenvalue weighted by molar-refractivity contribution is 7.81. The molecule has 2 aliphatic heterocycles. The summed E-state index contributed by atoms with van der Waals surface area (Å²) < 4.78 is 113. The second-order valence-corrected chi connectivity index (χ2v) is 19.9. The first kappa shape index (κ1) is 53.7. The molecule has 0 aliphatic carbocycles. The number of rotatable bonds is 33. The highest BCUT2D eigenvalue weighted by Crippen LogP contribution is 2.43. The van der Waals surface area contributed by atoms with Crippen LogP contribution in [-0.2, 0) is 59.8 Å². The average molecular weight is 943 g/mol. The van der Waals surface area contributed by atoms with Crippen LogP contribution in [0.2, 0.25) is 0 Å². The number of hydrogen-bond acceptors (Lipinski definition) is 13. The third kappa shape index (κ3) is 21.4. The van der Waals surface area contributed by atoms with Crippen LogP contribution in [0.4, 0.5) is 0 Å². The van der Waals surface area contributed by atoms with Crippen molar-refractivity contribution >= 4 is 43.0 Å². The lowest BCUT2D eigenvalue weighted by Gasteiger charge is -2.43. The highest BCUT2D eigenvalue weighted by atomic mass is 32.3. The Labute approximate surface area is 368 Å². The number of nitrogens with zero attached hydrogens (tertiary/aromatic N) is 1. The van der Waals surface area contributed by atoms with Crippen molar-refractivity contribution in [1.82, 2.24) is 10.2 Å². The van der Waals surface area contributed by atoms with Crippen molar-refractivity contribution in [3.05, 3.63) is 23.3 Å². The molecule has 358 valence electrons. The molecular formula is C41H70N2O16S3. The third-order valence-corrected chi connectivity index (χ3v) is 13.2. The molecule has 0 unspecified atom stereocenters. The maximum absolute atomic E-state index is 13.2. The van der Waals surface area contributed by atoms with E-state index in [9.17, 15) is 58.7 Å². The Bertz CT molecular complexity index is 1860. The standard InChI is InChI=1S/C41H70N2O16S3/c1-2-3-4-5-6-12-15-18-21-37(58-61(51,52)53)38(59-62(54,55)56)26-23-33(57-60(48,49)50)20-17-14-11-9-7-8-10-13-16-19-22-39(46)42-34-24-25-35-40-31(27-28-43(35)41(34)47)29-32(44)30-36(40)45/h29-30,33-35,37-38,44-45H,2-28H2,1H3,(H,42,46)(H,48,49,50)(H,51,52,53)(H,54,55,56)/t33-,34-,35-,37-,38-/m0/s1. The molecule has 5 atom stereocenters. The molecule has 21 heteroatoms. The molecule has 0 spiro atoms. The van der Waals surface area contributed by atoms with E-state index in [1.54, 1.807) is 11.0 Å². The number of carbonyl (C=O) groups excluding carboxylic acids is 2. The minimum atomic E-state index is -5.12. The molecule has 62 heavy (non-hydrogen) atoms. The fourth-order valence-corrected chi connectivity index (χ4v) is 10.3. The molecule has 1 fully saturated rings. The second kappa shape index (κ2) is 27.0. The van der Waals surface area contributed by atoms with Gasteiger partial charge in [0.2, 0.25) is 11.8 Å². The van der Waals surface area contributed by atoms with Gasteiger partial charge in [0.25, 0.3) is 0 Å². The van der Waals surface area contributed by atoms with Crippen LogP contribution in [0.3, 0.4) is 0 Å².